The highest BCUT2D eigenvalue weighted by molar-refractivity contribution is 5.88. The molecule has 0 unspecified atom stereocenters. The zero-order chi connectivity index (χ0) is 18.9. The van der Waals surface area contributed by atoms with Gasteiger partial charge in [0.2, 0.25) is 5.88 Å². The molecule has 1 aromatic rings. The molecule has 1 aromatic heterocycles. The number of nitrogens with one attached hydrogen (secondary N) is 2. The van der Waals surface area contributed by atoms with Crippen molar-refractivity contribution in [3.8, 4) is 5.88 Å². The van der Waals surface area contributed by atoms with Crippen LogP contribution in [0.25, 0.3) is 0 Å². The van der Waals surface area contributed by atoms with Crippen molar-refractivity contribution in [1.29, 1.82) is 0 Å². The van der Waals surface area contributed by atoms with Crippen molar-refractivity contribution < 1.29 is 14.3 Å². The van der Waals surface area contributed by atoms with Crippen LogP contribution in [-0.4, -0.2) is 72.6 Å². The van der Waals surface area contributed by atoms with Crippen LogP contribution < -0.4 is 15.4 Å². The summed E-state index contributed by atoms with van der Waals surface area (Å²) in [7, 11) is 0. The third kappa shape index (κ3) is 6.51. The van der Waals surface area contributed by atoms with Gasteiger partial charge < -0.3 is 20.3 Å². The highest BCUT2D eigenvalue weighted by Gasteiger charge is 2.21. The molecule has 3 amide bonds. The van der Waals surface area contributed by atoms with Gasteiger partial charge in [-0.1, -0.05) is 13.8 Å². The van der Waals surface area contributed by atoms with Gasteiger partial charge in [0.1, 0.15) is 0 Å². The summed E-state index contributed by atoms with van der Waals surface area (Å²) in [5.41, 5.74) is 0.566. The predicted octanol–water partition coefficient (Wildman–Crippen LogP) is 1.40. The second-order valence-electron chi connectivity index (χ2n) is 6.73. The molecule has 0 radical (unpaired) electrons. The largest absolute Gasteiger partial charge is 0.468 e. The number of hydrogen-bond acceptors (Lipinski definition) is 5. The van der Waals surface area contributed by atoms with Gasteiger partial charge in [0.15, 0.2) is 6.61 Å². The minimum Gasteiger partial charge on any atom is -0.468 e. The number of ether oxygens (including phenoxy) is 1. The minimum atomic E-state index is -0.283. The monoisotopic (exact) mass is 363 g/mol. The SMILES string of the molecule is CCNC(=O)Nc1ccc(OCC(=O)N2CCN(CC(C)C)CC2)nc1. The first-order chi connectivity index (χ1) is 12.5. The minimum absolute atomic E-state index is 0.0273. The van der Waals surface area contributed by atoms with Crippen LogP contribution in [0.15, 0.2) is 18.3 Å². The van der Waals surface area contributed by atoms with Gasteiger partial charge in [-0.05, 0) is 18.9 Å². The quantitative estimate of drug-likeness (QED) is 0.765. The van der Waals surface area contributed by atoms with E-state index in [0.717, 1.165) is 32.7 Å². The second-order valence-corrected chi connectivity index (χ2v) is 6.73. The summed E-state index contributed by atoms with van der Waals surface area (Å²) in [6.45, 7) is 11.1. The second kappa shape index (κ2) is 9.96. The molecule has 1 fully saturated rings. The lowest BCUT2D eigenvalue weighted by Gasteiger charge is -2.35. The molecule has 0 bridgehead atoms. The Morgan fingerprint density at radius 1 is 1.23 bits per heavy atom. The molecule has 0 saturated carbocycles. The standard InChI is InChI=1S/C18H29N5O3/c1-4-19-18(25)21-15-5-6-16(20-11-15)26-13-17(24)23-9-7-22(8-10-23)12-14(2)3/h5-6,11,14H,4,7-10,12-13H2,1-3H3,(H2,19,21,25). The van der Waals surface area contributed by atoms with Crippen LogP contribution in [0.3, 0.4) is 0 Å². The van der Waals surface area contributed by atoms with Crippen LogP contribution in [-0.2, 0) is 4.79 Å². The van der Waals surface area contributed by atoms with Crippen LogP contribution in [0.5, 0.6) is 5.88 Å². The summed E-state index contributed by atoms with van der Waals surface area (Å²) < 4.78 is 5.48. The average molecular weight is 363 g/mol. The van der Waals surface area contributed by atoms with Crippen molar-refractivity contribution in [2.24, 2.45) is 5.92 Å². The summed E-state index contributed by atoms with van der Waals surface area (Å²) in [6.07, 6.45) is 1.50. The number of carbonyl (C=O) groups excluding carboxylic acids is 2. The molecule has 2 N–H and O–H groups in total. The Bertz CT molecular complexity index is 583. The van der Waals surface area contributed by atoms with Crippen molar-refractivity contribution in [3.05, 3.63) is 18.3 Å². The van der Waals surface area contributed by atoms with Crippen LogP contribution in [0.4, 0.5) is 10.5 Å². The van der Waals surface area contributed by atoms with Crippen molar-refractivity contribution in [1.82, 2.24) is 20.1 Å². The number of hydrogen-bond donors (Lipinski definition) is 2. The maximum Gasteiger partial charge on any atom is 0.319 e. The summed E-state index contributed by atoms with van der Waals surface area (Å²) in [4.78, 5) is 32.0. The first-order valence-corrected chi connectivity index (χ1v) is 9.11. The van der Waals surface area contributed by atoms with E-state index in [0.29, 0.717) is 24.0 Å². The van der Waals surface area contributed by atoms with Gasteiger partial charge >= 0.3 is 6.03 Å². The Morgan fingerprint density at radius 3 is 2.54 bits per heavy atom. The van der Waals surface area contributed by atoms with E-state index in [4.69, 9.17) is 4.74 Å². The van der Waals surface area contributed by atoms with Gasteiger partial charge in [0.05, 0.1) is 11.9 Å². The van der Waals surface area contributed by atoms with E-state index in [1.54, 1.807) is 12.1 Å². The van der Waals surface area contributed by atoms with Crippen LogP contribution in [0.1, 0.15) is 20.8 Å². The zero-order valence-corrected chi connectivity index (χ0v) is 15.8. The predicted molar refractivity (Wildman–Crippen MR) is 100 cm³/mol. The normalized spacial score (nSPS) is 15.0. The van der Waals surface area contributed by atoms with E-state index in [1.165, 1.54) is 6.20 Å². The lowest BCUT2D eigenvalue weighted by Crippen LogP contribution is -2.50. The fourth-order valence-electron chi connectivity index (χ4n) is 2.80. The Morgan fingerprint density at radius 2 is 1.96 bits per heavy atom. The fraction of sp³-hybridized carbons (Fsp3) is 0.611. The third-order valence-electron chi connectivity index (χ3n) is 4.02. The molecule has 1 aliphatic rings. The first kappa shape index (κ1) is 20.0. The highest BCUT2D eigenvalue weighted by Crippen LogP contribution is 2.12. The highest BCUT2D eigenvalue weighted by atomic mass is 16.5. The summed E-state index contributed by atoms with van der Waals surface area (Å²) in [6, 6.07) is 3.04. The Kier molecular flexibility index (Phi) is 7.65. The molecule has 1 aliphatic heterocycles. The van der Waals surface area contributed by atoms with E-state index >= 15 is 0 Å². The third-order valence-corrected chi connectivity index (χ3v) is 4.02. The number of aromatic nitrogens is 1. The number of carbonyl (C=O) groups is 2. The van der Waals surface area contributed by atoms with Crippen molar-refractivity contribution in [3.63, 3.8) is 0 Å². The molecule has 8 nitrogen and oxygen atoms in total. The van der Waals surface area contributed by atoms with E-state index in [-0.39, 0.29) is 18.5 Å². The number of urea groups is 1. The van der Waals surface area contributed by atoms with Crippen molar-refractivity contribution >= 4 is 17.6 Å². The molecule has 0 aromatic carbocycles. The first-order valence-electron chi connectivity index (χ1n) is 9.11. The van der Waals surface area contributed by atoms with Gasteiger partial charge in [-0.15, -0.1) is 0 Å². The number of anilines is 1. The molecule has 0 spiro atoms. The van der Waals surface area contributed by atoms with E-state index in [1.807, 2.05) is 11.8 Å². The smallest absolute Gasteiger partial charge is 0.319 e. The molecule has 144 valence electrons. The number of amides is 3. The fourth-order valence-corrected chi connectivity index (χ4v) is 2.80. The molecule has 2 rings (SSSR count). The van der Waals surface area contributed by atoms with Gasteiger partial charge in [-0.2, -0.15) is 0 Å². The van der Waals surface area contributed by atoms with Gasteiger partial charge in [0, 0.05) is 45.3 Å². The zero-order valence-electron chi connectivity index (χ0n) is 15.8. The molecule has 0 aliphatic carbocycles. The number of rotatable bonds is 7. The maximum absolute atomic E-state index is 12.3. The molecule has 2 heterocycles. The number of nitrogens with zero attached hydrogens (tertiary/aromatic N) is 3. The molecular formula is C18H29N5O3. The lowest BCUT2D eigenvalue weighted by molar-refractivity contribution is -0.135. The van der Waals surface area contributed by atoms with E-state index in [2.05, 4.69) is 34.4 Å². The molecule has 8 heteroatoms. The molecule has 26 heavy (non-hydrogen) atoms. The molecule has 0 atom stereocenters. The summed E-state index contributed by atoms with van der Waals surface area (Å²) >= 11 is 0. The summed E-state index contributed by atoms with van der Waals surface area (Å²) in [5.74, 6) is 0.968. The van der Waals surface area contributed by atoms with Gasteiger partial charge in [-0.3, -0.25) is 9.69 Å². The Hall–Kier alpha value is -2.35. The van der Waals surface area contributed by atoms with Crippen molar-refractivity contribution in [2.75, 3.05) is 51.2 Å². The molecular weight excluding hydrogens is 334 g/mol. The van der Waals surface area contributed by atoms with Gasteiger partial charge in [-0.25, -0.2) is 9.78 Å². The topological polar surface area (TPSA) is 86.8 Å². The van der Waals surface area contributed by atoms with Crippen LogP contribution >= 0.6 is 0 Å². The Balaban J connectivity index is 1.73. The molecule has 1 saturated heterocycles. The van der Waals surface area contributed by atoms with E-state index < -0.39 is 0 Å². The van der Waals surface area contributed by atoms with Gasteiger partial charge in [0.25, 0.3) is 5.91 Å². The average Bonchev–Trinajstić information content (AvgIpc) is 2.61. The van der Waals surface area contributed by atoms with Crippen LogP contribution in [0.2, 0.25) is 0 Å². The van der Waals surface area contributed by atoms with Crippen molar-refractivity contribution in [2.45, 2.75) is 20.8 Å². The maximum atomic E-state index is 12.3. The van der Waals surface area contributed by atoms with E-state index in [9.17, 15) is 9.59 Å². The number of pyridine rings is 1. The summed E-state index contributed by atoms with van der Waals surface area (Å²) in [5, 5.41) is 5.29. The number of piperazine rings is 1. The van der Waals surface area contributed by atoms with Crippen LogP contribution in [0, 0.1) is 5.92 Å². The Labute approximate surface area is 154 Å². The lowest BCUT2D eigenvalue weighted by atomic mass is 10.2.